The molecular weight excluding hydrogens is 280 g/mol. The fraction of sp³-hybridized carbons (Fsp3) is 0.471. The van der Waals surface area contributed by atoms with Gasteiger partial charge in [0.15, 0.2) is 0 Å². The molecule has 0 N–H and O–H groups in total. The summed E-state index contributed by atoms with van der Waals surface area (Å²) in [5.41, 5.74) is 3.74. The lowest BCUT2D eigenvalue weighted by molar-refractivity contribution is 0.0983. The molecule has 2 aliphatic heterocycles. The zero-order valence-corrected chi connectivity index (χ0v) is 13.4. The lowest BCUT2D eigenvalue weighted by Crippen LogP contribution is -2.37. The van der Waals surface area contributed by atoms with Crippen molar-refractivity contribution in [2.75, 3.05) is 19.6 Å². The molecule has 1 spiro atoms. The third-order valence-corrected chi connectivity index (χ3v) is 5.52. The van der Waals surface area contributed by atoms with E-state index in [0.717, 1.165) is 38.4 Å². The van der Waals surface area contributed by atoms with Gasteiger partial charge in [0.1, 0.15) is 5.60 Å². The average molecular weight is 300 g/mol. The Hall–Kier alpha value is -1.39. The zero-order chi connectivity index (χ0) is 14.4. The molecule has 21 heavy (non-hydrogen) atoms. The molecule has 0 aromatic carbocycles. The number of hydrogen-bond acceptors (Lipinski definition) is 4. The molecule has 1 fully saturated rings. The van der Waals surface area contributed by atoms with Gasteiger partial charge in [-0.1, -0.05) is 6.92 Å². The van der Waals surface area contributed by atoms with E-state index in [9.17, 15) is 0 Å². The Kier molecular flexibility index (Phi) is 3.05. The van der Waals surface area contributed by atoms with Crippen LogP contribution in [-0.4, -0.2) is 35.1 Å². The van der Waals surface area contributed by atoms with Crippen LogP contribution in [0, 0.1) is 6.92 Å². The van der Waals surface area contributed by atoms with Gasteiger partial charge >= 0.3 is 0 Å². The van der Waals surface area contributed by atoms with Crippen molar-refractivity contribution in [1.29, 1.82) is 0 Å². The molecule has 4 rings (SSSR count). The fourth-order valence-electron chi connectivity index (χ4n) is 3.48. The summed E-state index contributed by atoms with van der Waals surface area (Å²) in [7, 11) is 0. The number of ether oxygens (including phenoxy) is 1. The number of rotatable bonds is 2. The number of fused-ring (bicyclic) bond motifs is 1. The van der Waals surface area contributed by atoms with E-state index in [-0.39, 0.29) is 5.60 Å². The maximum absolute atomic E-state index is 6.23. The van der Waals surface area contributed by atoms with Crippen LogP contribution in [-0.2, 0) is 6.42 Å². The summed E-state index contributed by atoms with van der Waals surface area (Å²) in [5.74, 6) is 0.851. The molecule has 1 saturated heterocycles. The quantitative estimate of drug-likeness (QED) is 0.848. The number of likely N-dealkylation sites (tertiary alicyclic amines) is 1. The van der Waals surface area contributed by atoms with Gasteiger partial charge in [0, 0.05) is 48.1 Å². The molecule has 2 aromatic rings. The van der Waals surface area contributed by atoms with E-state index in [1.165, 1.54) is 21.6 Å². The molecule has 3 nitrogen and oxygen atoms in total. The summed E-state index contributed by atoms with van der Waals surface area (Å²) in [6.07, 6.45) is 4.07. The van der Waals surface area contributed by atoms with Crippen LogP contribution < -0.4 is 4.74 Å². The first-order valence-electron chi connectivity index (χ1n) is 7.63. The fourth-order valence-corrected chi connectivity index (χ4v) is 4.19. The van der Waals surface area contributed by atoms with Gasteiger partial charge in [-0.05, 0) is 36.5 Å². The van der Waals surface area contributed by atoms with Crippen molar-refractivity contribution in [1.82, 2.24) is 9.88 Å². The topological polar surface area (TPSA) is 25.4 Å². The summed E-state index contributed by atoms with van der Waals surface area (Å²) in [6.45, 7) is 7.64. The first-order chi connectivity index (χ1) is 10.2. The van der Waals surface area contributed by atoms with E-state index in [0.29, 0.717) is 0 Å². The van der Waals surface area contributed by atoms with E-state index < -0.39 is 0 Å². The standard InChI is InChI=1S/C17H20N2OS/c1-3-19-5-4-17(11-19)8-13-7-14(9-18-16(13)20-17)15-6-12(2)21-10-15/h6-7,9-10H,3-5,8,11H2,1-2H3/t17-/m0/s1. The summed E-state index contributed by atoms with van der Waals surface area (Å²) >= 11 is 1.79. The van der Waals surface area contributed by atoms with Gasteiger partial charge in [-0.15, -0.1) is 11.3 Å². The Labute approximate surface area is 129 Å². The lowest BCUT2D eigenvalue weighted by atomic mass is 9.96. The van der Waals surface area contributed by atoms with E-state index in [1.54, 1.807) is 11.3 Å². The second kappa shape index (κ2) is 4.82. The van der Waals surface area contributed by atoms with Gasteiger partial charge in [-0.2, -0.15) is 0 Å². The number of hydrogen-bond donors (Lipinski definition) is 0. The highest BCUT2D eigenvalue weighted by Crippen LogP contribution is 2.40. The molecule has 4 heteroatoms. The summed E-state index contributed by atoms with van der Waals surface area (Å²) in [4.78, 5) is 8.39. The second-order valence-corrected chi connectivity index (χ2v) is 7.33. The highest BCUT2D eigenvalue weighted by Gasteiger charge is 2.45. The Morgan fingerprint density at radius 3 is 3.00 bits per heavy atom. The van der Waals surface area contributed by atoms with Crippen LogP contribution in [0.25, 0.3) is 11.1 Å². The molecule has 0 bridgehead atoms. The molecular formula is C17H20N2OS. The van der Waals surface area contributed by atoms with E-state index >= 15 is 0 Å². The predicted octanol–water partition coefficient (Wildman–Crippen LogP) is 3.52. The van der Waals surface area contributed by atoms with Crippen molar-refractivity contribution in [2.24, 2.45) is 0 Å². The lowest BCUT2D eigenvalue weighted by Gasteiger charge is -2.22. The Balaban J connectivity index is 1.62. The SMILES string of the molecule is CCN1CC[C@]2(Cc3cc(-c4csc(C)c4)cnc3O2)C1. The molecule has 4 heterocycles. The third-order valence-electron chi connectivity index (χ3n) is 4.66. The van der Waals surface area contributed by atoms with Crippen LogP contribution in [0.5, 0.6) is 5.88 Å². The van der Waals surface area contributed by atoms with Crippen LogP contribution in [0.4, 0.5) is 0 Å². The smallest absolute Gasteiger partial charge is 0.217 e. The van der Waals surface area contributed by atoms with E-state index in [4.69, 9.17) is 4.74 Å². The van der Waals surface area contributed by atoms with Gasteiger partial charge in [-0.25, -0.2) is 4.98 Å². The minimum atomic E-state index is -0.0193. The van der Waals surface area contributed by atoms with Crippen molar-refractivity contribution in [3.63, 3.8) is 0 Å². The molecule has 0 saturated carbocycles. The van der Waals surface area contributed by atoms with Gasteiger partial charge < -0.3 is 4.74 Å². The number of likely N-dealkylation sites (N-methyl/N-ethyl adjacent to an activating group) is 1. The summed E-state index contributed by atoms with van der Waals surface area (Å²) in [5, 5.41) is 2.21. The summed E-state index contributed by atoms with van der Waals surface area (Å²) in [6, 6.07) is 4.50. The highest BCUT2D eigenvalue weighted by molar-refractivity contribution is 7.10. The third kappa shape index (κ3) is 2.27. The Morgan fingerprint density at radius 1 is 1.38 bits per heavy atom. The maximum Gasteiger partial charge on any atom is 0.217 e. The van der Waals surface area contributed by atoms with Gasteiger partial charge in [0.05, 0.1) is 0 Å². The number of nitrogens with zero attached hydrogens (tertiary/aromatic N) is 2. The summed E-state index contributed by atoms with van der Waals surface area (Å²) < 4.78 is 6.23. The van der Waals surface area contributed by atoms with E-state index in [2.05, 4.69) is 41.2 Å². The monoisotopic (exact) mass is 300 g/mol. The van der Waals surface area contributed by atoms with Gasteiger partial charge in [0.2, 0.25) is 5.88 Å². The molecule has 0 unspecified atom stereocenters. The number of pyridine rings is 1. The van der Waals surface area contributed by atoms with Crippen LogP contribution in [0.15, 0.2) is 23.7 Å². The molecule has 0 amide bonds. The van der Waals surface area contributed by atoms with Crippen LogP contribution >= 0.6 is 11.3 Å². The van der Waals surface area contributed by atoms with E-state index in [1.807, 2.05) is 6.20 Å². The Morgan fingerprint density at radius 2 is 2.29 bits per heavy atom. The van der Waals surface area contributed by atoms with Crippen molar-refractivity contribution in [2.45, 2.75) is 32.3 Å². The Bertz CT molecular complexity index is 681. The van der Waals surface area contributed by atoms with Crippen LogP contribution in [0.3, 0.4) is 0 Å². The average Bonchev–Trinajstić information content (AvgIpc) is 3.17. The van der Waals surface area contributed by atoms with Gasteiger partial charge in [-0.3, -0.25) is 4.90 Å². The molecule has 0 aliphatic carbocycles. The van der Waals surface area contributed by atoms with Crippen LogP contribution in [0.2, 0.25) is 0 Å². The molecule has 1 atom stereocenters. The molecule has 110 valence electrons. The normalized spacial score (nSPS) is 24.5. The largest absolute Gasteiger partial charge is 0.469 e. The molecule has 2 aliphatic rings. The number of thiophene rings is 1. The van der Waals surface area contributed by atoms with Crippen molar-refractivity contribution in [3.8, 4) is 17.0 Å². The maximum atomic E-state index is 6.23. The first-order valence-corrected chi connectivity index (χ1v) is 8.51. The molecule has 2 aromatic heterocycles. The van der Waals surface area contributed by atoms with Crippen LogP contribution in [0.1, 0.15) is 23.8 Å². The second-order valence-electron chi connectivity index (χ2n) is 6.21. The predicted molar refractivity (Wildman–Crippen MR) is 86.1 cm³/mol. The van der Waals surface area contributed by atoms with Gasteiger partial charge in [0.25, 0.3) is 0 Å². The zero-order valence-electron chi connectivity index (χ0n) is 12.6. The number of aryl methyl sites for hydroxylation is 1. The minimum Gasteiger partial charge on any atom is -0.469 e. The minimum absolute atomic E-state index is 0.0193. The first kappa shape index (κ1) is 13.3. The van der Waals surface area contributed by atoms with Crippen molar-refractivity contribution >= 4 is 11.3 Å². The van der Waals surface area contributed by atoms with Crippen molar-refractivity contribution in [3.05, 3.63) is 34.2 Å². The molecule has 0 radical (unpaired) electrons. The number of aromatic nitrogens is 1. The highest BCUT2D eigenvalue weighted by atomic mass is 32.1. The van der Waals surface area contributed by atoms with Crippen molar-refractivity contribution < 1.29 is 4.74 Å².